The number of aliphatic imine (C=N–C) groups is 1. The highest BCUT2D eigenvalue weighted by molar-refractivity contribution is 6.09. The van der Waals surface area contributed by atoms with E-state index < -0.39 is 0 Å². The smallest absolute Gasteiger partial charge is 0.229 e. The van der Waals surface area contributed by atoms with Gasteiger partial charge >= 0.3 is 0 Å². The Kier molecular flexibility index (Phi) is 7.64. The van der Waals surface area contributed by atoms with Crippen molar-refractivity contribution in [1.29, 1.82) is 0 Å². The van der Waals surface area contributed by atoms with Crippen LogP contribution in [0.1, 0.15) is 38.3 Å². The van der Waals surface area contributed by atoms with Crippen molar-refractivity contribution in [1.82, 2.24) is 9.97 Å². The highest BCUT2D eigenvalue weighted by atomic mass is 16.1. The largest absolute Gasteiger partial charge is 0.296 e. The topological polar surface area (TPSA) is 67.2 Å². The second kappa shape index (κ2) is 9.58. The van der Waals surface area contributed by atoms with Crippen LogP contribution in [-0.2, 0) is 4.79 Å². The predicted octanol–water partition coefficient (Wildman–Crippen LogP) is 3.27. The van der Waals surface area contributed by atoms with Crippen molar-refractivity contribution in [2.45, 2.75) is 32.6 Å². The summed E-state index contributed by atoms with van der Waals surface area (Å²) in [6, 6.07) is 1.77. The Labute approximate surface area is 125 Å². The number of anilines is 1. The molecule has 112 valence electrons. The van der Waals surface area contributed by atoms with E-state index in [2.05, 4.69) is 33.8 Å². The summed E-state index contributed by atoms with van der Waals surface area (Å²) in [5, 5.41) is 2.72. The van der Waals surface area contributed by atoms with E-state index in [0.717, 1.165) is 24.8 Å². The molecule has 1 amide bonds. The van der Waals surface area contributed by atoms with E-state index in [1.54, 1.807) is 31.6 Å². The van der Waals surface area contributed by atoms with Crippen molar-refractivity contribution in [2.24, 2.45) is 4.99 Å². The zero-order valence-electron chi connectivity index (χ0n) is 12.7. The molecular weight excluding hydrogens is 264 g/mol. The number of nitrogens with zero attached hydrogens (tertiary/aromatic N) is 3. The van der Waals surface area contributed by atoms with Crippen molar-refractivity contribution in [2.75, 3.05) is 12.4 Å². The van der Waals surface area contributed by atoms with Gasteiger partial charge in [0.25, 0.3) is 0 Å². The van der Waals surface area contributed by atoms with Gasteiger partial charge in [-0.15, -0.1) is 0 Å². The number of rotatable bonds is 8. The fraction of sp³-hybridized carbons (Fsp3) is 0.375. The molecule has 0 atom stereocenters. The van der Waals surface area contributed by atoms with Crippen LogP contribution in [0.2, 0.25) is 0 Å². The van der Waals surface area contributed by atoms with Crippen LogP contribution in [0.15, 0.2) is 36.0 Å². The Hall–Kier alpha value is -2.30. The molecule has 1 aromatic heterocycles. The molecule has 5 heteroatoms. The van der Waals surface area contributed by atoms with Crippen molar-refractivity contribution in [3.63, 3.8) is 0 Å². The lowest BCUT2D eigenvalue weighted by Crippen LogP contribution is -2.14. The number of aromatic nitrogens is 2. The number of hydrogen-bond donors (Lipinski definition) is 1. The van der Waals surface area contributed by atoms with E-state index in [1.165, 1.54) is 0 Å². The first-order valence-electron chi connectivity index (χ1n) is 7.09. The number of amides is 1. The SMILES string of the molecule is C=C/C=C(\C=NC)c1ccnc(NC(=O)CCCCC)n1. The van der Waals surface area contributed by atoms with Gasteiger partial charge in [0.1, 0.15) is 0 Å². The van der Waals surface area contributed by atoms with E-state index >= 15 is 0 Å². The van der Waals surface area contributed by atoms with Gasteiger partial charge in [0.2, 0.25) is 11.9 Å². The summed E-state index contributed by atoms with van der Waals surface area (Å²) < 4.78 is 0. The van der Waals surface area contributed by atoms with Crippen LogP contribution in [0.25, 0.3) is 5.57 Å². The van der Waals surface area contributed by atoms with Gasteiger partial charge in [0, 0.05) is 31.5 Å². The third-order valence-corrected chi connectivity index (χ3v) is 2.78. The molecule has 5 nitrogen and oxygen atoms in total. The van der Waals surface area contributed by atoms with E-state index in [1.807, 2.05) is 6.08 Å². The number of carbonyl (C=O) groups is 1. The van der Waals surface area contributed by atoms with Gasteiger partial charge in [-0.25, -0.2) is 9.97 Å². The molecule has 0 spiro atoms. The summed E-state index contributed by atoms with van der Waals surface area (Å²) >= 11 is 0. The predicted molar refractivity (Wildman–Crippen MR) is 87.4 cm³/mol. The lowest BCUT2D eigenvalue weighted by atomic mass is 10.2. The standard InChI is InChI=1S/C16H22N4O/c1-4-6-7-9-15(21)20-16-18-11-10-14(19-16)13(8-5-2)12-17-3/h5,8,10-12H,2,4,6-7,9H2,1,3H3,(H,18,19,20,21)/b13-8+,17-12?. The van der Waals surface area contributed by atoms with E-state index in [9.17, 15) is 4.79 Å². The molecule has 0 radical (unpaired) electrons. The Bertz CT molecular complexity index is 535. The number of nitrogens with one attached hydrogen (secondary N) is 1. The van der Waals surface area contributed by atoms with Crippen LogP contribution in [0.3, 0.4) is 0 Å². The molecule has 1 N–H and O–H groups in total. The summed E-state index contributed by atoms with van der Waals surface area (Å²) in [6.07, 6.45) is 10.3. The maximum atomic E-state index is 11.8. The third kappa shape index (κ3) is 6.12. The van der Waals surface area contributed by atoms with E-state index in [-0.39, 0.29) is 5.91 Å². The molecule has 0 saturated heterocycles. The number of carbonyl (C=O) groups excluding carboxylic acids is 1. The minimum absolute atomic E-state index is 0.0565. The summed E-state index contributed by atoms with van der Waals surface area (Å²) in [5.41, 5.74) is 1.51. The van der Waals surface area contributed by atoms with Crippen LogP contribution < -0.4 is 5.32 Å². The molecular formula is C16H22N4O. The Balaban J connectivity index is 2.78. The molecule has 0 aromatic carbocycles. The molecule has 1 heterocycles. The molecule has 0 saturated carbocycles. The third-order valence-electron chi connectivity index (χ3n) is 2.78. The van der Waals surface area contributed by atoms with Crippen molar-refractivity contribution in [3.8, 4) is 0 Å². The van der Waals surface area contributed by atoms with Gasteiger partial charge in [0.15, 0.2) is 0 Å². The molecule has 21 heavy (non-hydrogen) atoms. The van der Waals surface area contributed by atoms with Gasteiger partial charge in [-0.2, -0.15) is 0 Å². The number of hydrogen-bond acceptors (Lipinski definition) is 4. The average Bonchev–Trinajstić information content (AvgIpc) is 2.47. The van der Waals surface area contributed by atoms with Crippen LogP contribution in [0, 0.1) is 0 Å². The fourth-order valence-electron chi connectivity index (χ4n) is 1.76. The fourth-order valence-corrected chi connectivity index (χ4v) is 1.76. The summed E-state index contributed by atoms with van der Waals surface area (Å²) in [7, 11) is 1.69. The highest BCUT2D eigenvalue weighted by Gasteiger charge is 2.06. The molecule has 1 rings (SSSR count). The monoisotopic (exact) mass is 286 g/mol. The molecule has 1 aromatic rings. The van der Waals surface area contributed by atoms with Crippen LogP contribution in [0.5, 0.6) is 0 Å². The van der Waals surface area contributed by atoms with Crippen LogP contribution >= 0.6 is 0 Å². The van der Waals surface area contributed by atoms with Gasteiger partial charge in [-0.05, 0) is 12.5 Å². The molecule has 0 aliphatic carbocycles. The minimum atomic E-state index is -0.0565. The Morgan fingerprint density at radius 2 is 2.29 bits per heavy atom. The van der Waals surface area contributed by atoms with Crippen molar-refractivity contribution in [3.05, 3.63) is 36.7 Å². The number of unbranched alkanes of at least 4 members (excludes halogenated alkanes) is 2. The summed E-state index contributed by atoms with van der Waals surface area (Å²) in [6.45, 7) is 5.77. The number of allylic oxidation sites excluding steroid dienone is 3. The lowest BCUT2D eigenvalue weighted by molar-refractivity contribution is -0.116. The molecule has 0 aliphatic heterocycles. The maximum absolute atomic E-state index is 11.8. The molecule has 0 unspecified atom stereocenters. The summed E-state index contributed by atoms with van der Waals surface area (Å²) in [5.74, 6) is 0.257. The Morgan fingerprint density at radius 1 is 1.48 bits per heavy atom. The highest BCUT2D eigenvalue weighted by Crippen LogP contribution is 2.12. The van der Waals surface area contributed by atoms with Gasteiger partial charge in [0.05, 0.1) is 5.69 Å². The van der Waals surface area contributed by atoms with E-state index in [0.29, 0.717) is 18.1 Å². The Morgan fingerprint density at radius 3 is 2.95 bits per heavy atom. The summed E-state index contributed by atoms with van der Waals surface area (Å²) in [4.78, 5) is 24.2. The molecule has 0 bridgehead atoms. The molecule has 0 fully saturated rings. The average molecular weight is 286 g/mol. The normalized spacial score (nSPS) is 11.6. The second-order valence-electron chi connectivity index (χ2n) is 4.52. The van der Waals surface area contributed by atoms with Crippen LogP contribution in [0.4, 0.5) is 5.95 Å². The first-order chi connectivity index (χ1) is 10.2. The zero-order valence-corrected chi connectivity index (χ0v) is 12.7. The maximum Gasteiger partial charge on any atom is 0.229 e. The first-order valence-corrected chi connectivity index (χ1v) is 7.09. The van der Waals surface area contributed by atoms with Gasteiger partial charge < -0.3 is 0 Å². The second-order valence-corrected chi connectivity index (χ2v) is 4.52. The molecule has 0 aliphatic rings. The quantitative estimate of drug-likeness (QED) is 0.453. The lowest BCUT2D eigenvalue weighted by Gasteiger charge is -2.05. The van der Waals surface area contributed by atoms with E-state index in [4.69, 9.17) is 0 Å². The van der Waals surface area contributed by atoms with Crippen molar-refractivity contribution < 1.29 is 4.79 Å². The van der Waals surface area contributed by atoms with Crippen molar-refractivity contribution >= 4 is 23.6 Å². The minimum Gasteiger partial charge on any atom is -0.296 e. The van der Waals surface area contributed by atoms with Gasteiger partial charge in [-0.1, -0.05) is 38.5 Å². The van der Waals surface area contributed by atoms with Crippen LogP contribution in [-0.4, -0.2) is 29.1 Å². The van der Waals surface area contributed by atoms with Gasteiger partial charge in [-0.3, -0.25) is 15.1 Å². The zero-order chi connectivity index (χ0) is 15.5. The first kappa shape index (κ1) is 16.8.